The summed E-state index contributed by atoms with van der Waals surface area (Å²) >= 11 is 0. The van der Waals surface area contributed by atoms with Gasteiger partial charge in [-0.15, -0.1) is 0 Å². The summed E-state index contributed by atoms with van der Waals surface area (Å²) in [4.78, 5) is 15.8. The van der Waals surface area contributed by atoms with Crippen molar-refractivity contribution in [1.29, 1.82) is 0 Å². The average molecular weight is 246 g/mol. The lowest BCUT2D eigenvalue weighted by Gasteiger charge is -2.04. The summed E-state index contributed by atoms with van der Waals surface area (Å²) in [6.45, 7) is 2.87. The zero-order chi connectivity index (χ0) is 13.1. The molecule has 0 saturated carbocycles. The van der Waals surface area contributed by atoms with E-state index in [1.54, 1.807) is 0 Å². The van der Waals surface area contributed by atoms with Crippen molar-refractivity contribution in [2.24, 2.45) is 12.8 Å². The minimum Gasteiger partial charge on any atom is -0.352 e. The fourth-order valence-corrected chi connectivity index (χ4v) is 1.90. The van der Waals surface area contributed by atoms with Crippen LogP contribution in [0.25, 0.3) is 11.0 Å². The van der Waals surface area contributed by atoms with Crippen LogP contribution >= 0.6 is 0 Å². The second kappa shape index (κ2) is 5.18. The molecule has 2 rings (SSSR count). The number of nitrogens with two attached hydrogens (primary N) is 1. The number of aryl methyl sites for hydroxylation is 2. The monoisotopic (exact) mass is 246 g/mol. The largest absolute Gasteiger partial charge is 0.352 e. The lowest BCUT2D eigenvalue weighted by atomic mass is 10.2. The quantitative estimate of drug-likeness (QED) is 0.840. The van der Waals surface area contributed by atoms with E-state index in [9.17, 15) is 4.79 Å². The zero-order valence-electron chi connectivity index (χ0n) is 10.7. The van der Waals surface area contributed by atoms with Crippen LogP contribution in [0.5, 0.6) is 0 Å². The first-order chi connectivity index (χ1) is 8.61. The molecule has 5 heteroatoms. The highest BCUT2D eigenvalue weighted by Crippen LogP contribution is 2.16. The number of rotatable bonds is 4. The molecular formula is C13H18N4O. The topological polar surface area (TPSA) is 72.9 Å². The van der Waals surface area contributed by atoms with E-state index >= 15 is 0 Å². The summed E-state index contributed by atoms with van der Waals surface area (Å²) in [6, 6.07) is 6.04. The van der Waals surface area contributed by atoms with Crippen LogP contribution in [0.2, 0.25) is 0 Å². The summed E-state index contributed by atoms with van der Waals surface area (Å²) in [5.41, 5.74) is 8.43. The number of hydrogen-bond acceptors (Lipinski definition) is 3. The van der Waals surface area contributed by atoms with Crippen molar-refractivity contribution in [3.63, 3.8) is 0 Å². The van der Waals surface area contributed by atoms with E-state index in [0.29, 0.717) is 19.5 Å². The Balaban J connectivity index is 2.13. The number of amides is 1. The number of carbonyl (C=O) groups excluding carboxylic acids is 1. The number of hydrogen-bond donors (Lipinski definition) is 2. The molecule has 2 aromatic rings. The number of aromatic nitrogens is 2. The van der Waals surface area contributed by atoms with Gasteiger partial charge in [0.2, 0.25) is 5.91 Å². The Morgan fingerprint density at radius 2 is 2.28 bits per heavy atom. The third kappa shape index (κ3) is 2.51. The maximum absolute atomic E-state index is 11.3. The number of nitrogens with one attached hydrogen (secondary N) is 1. The summed E-state index contributed by atoms with van der Waals surface area (Å²) in [6.07, 6.45) is 0.366. The van der Waals surface area contributed by atoms with Gasteiger partial charge in [0.1, 0.15) is 5.82 Å². The lowest BCUT2D eigenvalue weighted by Crippen LogP contribution is -2.24. The van der Waals surface area contributed by atoms with Crippen molar-refractivity contribution >= 4 is 16.9 Å². The van der Waals surface area contributed by atoms with Crippen molar-refractivity contribution in [3.8, 4) is 0 Å². The van der Waals surface area contributed by atoms with Gasteiger partial charge in [-0.1, -0.05) is 6.07 Å². The van der Waals surface area contributed by atoms with E-state index in [1.165, 1.54) is 0 Å². The maximum atomic E-state index is 11.3. The fourth-order valence-electron chi connectivity index (χ4n) is 1.90. The molecule has 3 N–H and O–H groups in total. The van der Waals surface area contributed by atoms with Crippen molar-refractivity contribution in [3.05, 3.63) is 29.6 Å². The molecule has 1 aromatic carbocycles. The highest BCUT2D eigenvalue weighted by molar-refractivity contribution is 5.78. The van der Waals surface area contributed by atoms with Gasteiger partial charge in [0.15, 0.2) is 0 Å². The molecule has 96 valence electrons. The van der Waals surface area contributed by atoms with Crippen LogP contribution in [0, 0.1) is 6.92 Å². The van der Waals surface area contributed by atoms with Crippen LogP contribution in [-0.2, 0) is 18.4 Å². The van der Waals surface area contributed by atoms with E-state index < -0.39 is 0 Å². The Morgan fingerprint density at radius 3 is 3.00 bits per heavy atom. The molecular weight excluding hydrogens is 228 g/mol. The molecule has 1 aromatic heterocycles. The maximum Gasteiger partial charge on any atom is 0.221 e. The molecule has 1 heterocycles. The van der Waals surface area contributed by atoms with Crippen LogP contribution in [0.4, 0.5) is 0 Å². The van der Waals surface area contributed by atoms with Crippen LogP contribution < -0.4 is 11.1 Å². The van der Waals surface area contributed by atoms with E-state index in [0.717, 1.165) is 22.4 Å². The van der Waals surface area contributed by atoms with Crippen molar-refractivity contribution < 1.29 is 4.79 Å². The molecule has 0 bridgehead atoms. The molecule has 0 aliphatic heterocycles. The smallest absolute Gasteiger partial charge is 0.221 e. The minimum absolute atomic E-state index is 0.0187. The minimum atomic E-state index is -0.0187. The third-order valence-electron chi connectivity index (χ3n) is 3.03. The standard InChI is InChI=1S/C13H18N4O/c1-9-16-11-7-10(3-4-12(11)17(9)2)8-15-13(18)5-6-14/h3-4,7H,5-6,8,14H2,1-2H3,(H,15,18). The van der Waals surface area contributed by atoms with Gasteiger partial charge in [0.05, 0.1) is 11.0 Å². The Hall–Kier alpha value is -1.88. The molecule has 0 spiro atoms. The van der Waals surface area contributed by atoms with Crippen LogP contribution in [0.15, 0.2) is 18.2 Å². The summed E-state index contributed by atoms with van der Waals surface area (Å²) in [5, 5.41) is 2.83. The van der Waals surface area contributed by atoms with Gasteiger partial charge in [0, 0.05) is 26.6 Å². The fraction of sp³-hybridized carbons (Fsp3) is 0.385. The predicted molar refractivity (Wildman–Crippen MR) is 71.0 cm³/mol. The first kappa shape index (κ1) is 12.6. The second-order valence-corrected chi connectivity index (χ2v) is 4.36. The highest BCUT2D eigenvalue weighted by atomic mass is 16.1. The molecule has 0 aliphatic rings. The number of fused-ring (bicyclic) bond motifs is 1. The summed E-state index contributed by atoms with van der Waals surface area (Å²) < 4.78 is 2.05. The SMILES string of the molecule is Cc1nc2cc(CNC(=O)CCN)ccc2n1C. The van der Waals surface area contributed by atoms with Gasteiger partial charge >= 0.3 is 0 Å². The Kier molecular flexibility index (Phi) is 3.62. The molecule has 0 radical (unpaired) electrons. The molecule has 0 fully saturated rings. The Labute approximate surface area is 106 Å². The van der Waals surface area contributed by atoms with Gasteiger partial charge in [-0.25, -0.2) is 4.98 Å². The molecule has 5 nitrogen and oxygen atoms in total. The number of imidazole rings is 1. The number of nitrogens with zero attached hydrogens (tertiary/aromatic N) is 2. The van der Waals surface area contributed by atoms with Gasteiger partial charge in [-0.3, -0.25) is 4.79 Å². The van der Waals surface area contributed by atoms with Gasteiger partial charge in [-0.05, 0) is 24.6 Å². The Bertz CT molecular complexity index is 574. The van der Waals surface area contributed by atoms with E-state index in [2.05, 4.69) is 10.3 Å². The first-order valence-electron chi connectivity index (χ1n) is 6.00. The molecule has 0 aliphatic carbocycles. The summed E-state index contributed by atoms with van der Waals surface area (Å²) in [7, 11) is 1.99. The van der Waals surface area contributed by atoms with Gasteiger partial charge < -0.3 is 15.6 Å². The van der Waals surface area contributed by atoms with E-state index in [-0.39, 0.29) is 5.91 Å². The number of benzene rings is 1. The molecule has 18 heavy (non-hydrogen) atoms. The van der Waals surface area contributed by atoms with Crippen molar-refractivity contribution in [2.45, 2.75) is 19.9 Å². The Morgan fingerprint density at radius 1 is 1.50 bits per heavy atom. The predicted octanol–water partition coefficient (Wildman–Crippen LogP) is 0.847. The normalized spacial score (nSPS) is 10.8. The summed E-state index contributed by atoms with van der Waals surface area (Å²) in [5.74, 6) is 0.962. The van der Waals surface area contributed by atoms with Gasteiger partial charge in [-0.2, -0.15) is 0 Å². The van der Waals surface area contributed by atoms with Crippen molar-refractivity contribution in [2.75, 3.05) is 6.54 Å². The number of carbonyl (C=O) groups is 1. The third-order valence-corrected chi connectivity index (χ3v) is 3.03. The average Bonchev–Trinajstić information content (AvgIpc) is 2.63. The van der Waals surface area contributed by atoms with Crippen LogP contribution in [0.1, 0.15) is 17.8 Å². The molecule has 1 amide bonds. The zero-order valence-corrected chi connectivity index (χ0v) is 10.7. The van der Waals surface area contributed by atoms with Crippen LogP contribution in [-0.4, -0.2) is 22.0 Å². The van der Waals surface area contributed by atoms with Crippen LogP contribution in [0.3, 0.4) is 0 Å². The van der Waals surface area contributed by atoms with Gasteiger partial charge in [0.25, 0.3) is 0 Å². The van der Waals surface area contributed by atoms with E-state index in [1.807, 2.05) is 36.7 Å². The molecule has 0 atom stereocenters. The second-order valence-electron chi connectivity index (χ2n) is 4.36. The lowest BCUT2D eigenvalue weighted by molar-refractivity contribution is -0.121. The molecule has 0 unspecified atom stereocenters. The first-order valence-corrected chi connectivity index (χ1v) is 6.00. The van der Waals surface area contributed by atoms with E-state index in [4.69, 9.17) is 5.73 Å². The van der Waals surface area contributed by atoms with Crippen molar-refractivity contribution in [1.82, 2.24) is 14.9 Å². The molecule has 0 saturated heterocycles. The highest BCUT2D eigenvalue weighted by Gasteiger charge is 2.05.